The Morgan fingerprint density at radius 3 is 1.19 bits per heavy atom. The first-order chi connectivity index (χ1) is 41.1. The summed E-state index contributed by atoms with van der Waals surface area (Å²) in [5.41, 5.74) is 0. The van der Waals surface area contributed by atoms with Crippen molar-refractivity contribution in [1.29, 1.82) is 0 Å². The highest BCUT2D eigenvalue weighted by molar-refractivity contribution is 5.76. The Bertz CT molecular complexity index is 1690. The van der Waals surface area contributed by atoms with Gasteiger partial charge in [-0.15, -0.1) is 0 Å². The molecule has 12 atom stereocenters. The fourth-order valence-corrected chi connectivity index (χ4v) is 11.0. The van der Waals surface area contributed by atoms with E-state index in [2.05, 4.69) is 79.9 Å². The van der Waals surface area contributed by atoms with Crippen LogP contribution in [-0.4, -0.2) is 140 Å². The number of nitrogens with one attached hydrogen (secondary N) is 1. The highest BCUT2D eigenvalue weighted by Crippen LogP contribution is 2.30. The highest BCUT2D eigenvalue weighted by Gasteiger charge is 2.51. The SMILES string of the molecule is CC/C=C\C/C=C\C/C=C\C/C=C\C/C=C\C/C=C\CCC(=O)NC(COC1OC(CO)C(OC2OC(CO)C(O)C(O)C2O)C(O)C1O)C(O)CCCCCCCCCCCCCCCCCCCCCCCCCCCCCCCCC. The second-order valence-electron chi connectivity index (χ2n) is 23.9. The molecule has 0 spiro atoms. The molecule has 1 amide bonds. The van der Waals surface area contributed by atoms with E-state index in [1.54, 1.807) is 0 Å². The Labute approximate surface area is 510 Å². The van der Waals surface area contributed by atoms with Crippen molar-refractivity contribution in [2.24, 2.45) is 0 Å². The van der Waals surface area contributed by atoms with Gasteiger partial charge in [-0.2, -0.15) is 0 Å². The van der Waals surface area contributed by atoms with E-state index < -0.39 is 86.8 Å². The number of aliphatic hydroxyl groups is 8. The fraction of sp³-hybridized carbons (Fsp3) is 0.814. The predicted molar refractivity (Wildman–Crippen MR) is 341 cm³/mol. The van der Waals surface area contributed by atoms with E-state index in [0.717, 1.165) is 64.2 Å². The van der Waals surface area contributed by atoms with Gasteiger partial charge < -0.3 is 65.1 Å². The molecule has 9 N–H and O–H groups in total. The standard InChI is InChI=1S/C70H125NO13/c1-3-5-7-9-11-13-15-17-19-21-23-24-25-26-27-28-29-30-31-32-33-34-36-37-39-41-43-45-47-49-51-53-59(74)58(71-62(75)54-52-50-48-46-44-42-40-38-35-22-20-18-16-14-12-10-8-6-4-2)57-81-69-67(80)65(78)68(61(56-73)83-69)84-70-66(79)64(77)63(76)60(55-72)82-70/h6,8,12,14,18,20,35,38,42,44,48,50,58-61,63-70,72-74,76-80H,3-5,7,9-11,13,15-17,19,21-34,36-37,39-41,43,45-47,49,51-57H2,1-2H3,(H,71,75)/b8-6-,14-12-,20-18-,38-35-,44-42-,50-48-. The molecular formula is C70H125NO13. The van der Waals surface area contributed by atoms with Crippen molar-refractivity contribution in [2.75, 3.05) is 19.8 Å². The van der Waals surface area contributed by atoms with Crippen LogP contribution >= 0.6 is 0 Å². The molecule has 2 heterocycles. The maximum atomic E-state index is 13.3. The predicted octanol–water partition coefficient (Wildman–Crippen LogP) is 13.5. The lowest BCUT2D eigenvalue weighted by atomic mass is 9.97. The van der Waals surface area contributed by atoms with Crippen molar-refractivity contribution in [3.05, 3.63) is 72.9 Å². The van der Waals surface area contributed by atoms with Crippen molar-refractivity contribution in [3.8, 4) is 0 Å². The van der Waals surface area contributed by atoms with Gasteiger partial charge in [-0.05, 0) is 51.4 Å². The number of aliphatic hydroxyl groups excluding tert-OH is 8. The Morgan fingerprint density at radius 2 is 0.798 bits per heavy atom. The van der Waals surface area contributed by atoms with Gasteiger partial charge in [0.25, 0.3) is 0 Å². The number of amides is 1. The molecule has 14 heteroatoms. The molecule has 12 unspecified atom stereocenters. The number of carbonyl (C=O) groups excluding carboxylic acids is 1. The third-order valence-corrected chi connectivity index (χ3v) is 16.4. The average molecular weight is 1190 g/mol. The molecule has 2 aliphatic rings. The maximum Gasteiger partial charge on any atom is 0.220 e. The molecule has 84 heavy (non-hydrogen) atoms. The fourth-order valence-electron chi connectivity index (χ4n) is 11.0. The molecule has 488 valence electrons. The summed E-state index contributed by atoms with van der Waals surface area (Å²) in [4.78, 5) is 13.3. The minimum atomic E-state index is -1.79. The monoisotopic (exact) mass is 1190 g/mol. The van der Waals surface area contributed by atoms with E-state index in [0.29, 0.717) is 12.8 Å². The van der Waals surface area contributed by atoms with Crippen LogP contribution in [0.2, 0.25) is 0 Å². The molecule has 2 fully saturated rings. The lowest BCUT2D eigenvalue weighted by Gasteiger charge is -2.46. The van der Waals surface area contributed by atoms with Crippen molar-refractivity contribution < 1.29 is 64.6 Å². The molecule has 0 aromatic rings. The molecule has 2 saturated heterocycles. The van der Waals surface area contributed by atoms with Gasteiger partial charge in [0.05, 0.1) is 32.0 Å². The number of hydrogen-bond acceptors (Lipinski definition) is 13. The molecule has 0 aromatic carbocycles. The van der Waals surface area contributed by atoms with E-state index in [1.807, 2.05) is 12.2 Å². The van der Waals surface area contributed by atoms with Crippen molar-refractivity contribution in [2.45, 2.75) is 344 Å². The quantitative estimate of drug-likeness (QED) is 0.0204. The number of unbranched alkanes of at least 4 members (excludes halogenated alkanes) is 30. The highest BCUT2D eigenvalue weighted by atomic mass is 16.7. The average Bonchev–Trinajstić information content (AvgIpc) is 3.62. The summed E-state index contributed by atoms with van der Waals surface area (Å²) in [6.45, 7) is 2.72. The topological polar surface area (TPSA) is 228 Å². The molecule has 2 rings (SSSR count). The molecule has 0 bridgehead atoms. The number of rotatable bonds is 55. The van der Waals surface area contributed by atoms with E-state index in [1.165, 1.54) is 173 Å². The van der Waals surface area contributed by atoms with Gasteiger partial charge in [0.15, 0.2) is 12.6 Å². The van der Waals surface area contributed by atoms with Crippen LogP contribution in [0.3, 0.4) is 0 Å². The Morgan fingerprint density at radius 1 is 0.440 bits per heavy atom. The van der Waals surface area contributed by atoms with Gasteiger partial charge in [0.2, 0.25) is 5.91 Å². The third-order valence-electron chi connectivity index (χ3n) is 16.4. The Hall–Kier alpha value is -2.57. The van der Waals surface area contributed by atoms with Crippen LogP contribution in [0.15, 0.2) is 72.9 Å². The van der Waals surface area contributed by atoms with Crippen molar-refractivity contribution in [1.82, 2.24) is 5.32 Å². The van der Waals surface area contributed by atoms with E-state index in [-0.39, 0.29) is 18.9 Å². The first-order valence-corrected chi connectivity index (χ1v) is 34.2. The first kappa shape index (κ1) is 77.5. The summed E-state index contributed by atoms with van der Waals surface area (Å²) in [7, 11) is 0. The zero-order valence-electron chi connectivity index (χ0n) is 52.9. The van der Waals surface area contributed by atoms with Crippen LogP contribution in [0.1, 0.15) is 271 Å². The van der Waals surface area contributed by atoms with Crippen LogP contribution in [0.4, 0.5) is 0 Å². The summed E-state index contributed by atoms with van der Waals surface area (Å²) < 4.78 is 22.8. The van der Waals surface area contributed by atoms with Gasteiger partial charge in [-0.3, -0.25) is 4.79 Å². The Kier molecular flexibility index (Phi) is 50.4. The van der Waals surface area contributed by atoms with E-state index in [9.17, 15) is 45.6 Å². The third kappa shape index (κ3) is 38.7. The smallest absolute Gasteiger partial charge is 0.220 e. The van der Waals surface area contributed by atoms with Crippen molar-refractivity contribution in [3.63, 3.8) is 0 Å². The van der Waals surface area contributed by atoms with Gasteiger partial charge in [0.1, 0.15) is 48.8 Å². The summed E-state index contributed by atoms with van der Waals surface area (Å²) in [6.07, 6.45) is 56.6. The second kappa shape index (κ2) is 54.6. The molecule has 0 saturated carbocycles. The lowest BCUT2D eigenvalue weighted by Crippen LogP contribution is -2.65. The summed E-state index contributed by atoms with van der Waals surface area (Å²) in [5, 5.41) is 87.4. The van der Waals surface area contributed by atoms with Crippen LogP contribution in [0, 0.1) is 0 Å². The van der Waals surface area contributed by atoms with Gasteiger partial charge in [0, 0.05) is 6.42 Å². The van der Waals surface area contributed by atoms with Gasteiger partial charge >= 0.3 is 0 Å². The number of carbonyl (C=O) groups is 1. The lowest BCUT2D eigenvalue weighted by molar-refractivity contribution is -0.359. The van der Waals surface area contributed by atoms with E-state index in [4.69, 9.17) is 18.9 Å². The van der Waals surface area contributed by atoms with Crippen LogP contribution < -0.4 is 5.32 Å². The zero-order valence-corrected chi connectivity index (χ0v) is 52.9. The van der Waals surface area contributed by atoms with Crippen LogP contribution in [-0.2, 0) is 23.7 Å². The van der Waals surface area contributed by atoms with Crippen LogP contribution in [0.5, 0.6) is 0 Å². The van der Waals surface area contributed by atoms with E-state index >= 15 is 0 Å². The van der Waals surface area contributed by atoms with Crippen molar-refractivity contribution >= 4 is 5.91 Å². The molecule has 0 aliphatic carbocycles. The van der Waals surface area contributed by atoms with Gasteiger partial charge in [-0.1, -0.05) is 286 Å². The second-order valence-corrected chi connectivity index (χ2v) is 23.9. The molecule has 0 aromatic heterocycles. The minimum absolute atomic E-state index is 0.176. The zero-order chi connectivity index (χ0) is 60.9. The number of allylic oxidation sites excluding steroid dienone is 12. The molecule has 2 aliphatic heterocycles. The maximum absolute atomic E-state index is 13.3. The normalized spacial score (nSPS) is 24.1. The summed E-state index contributed by atoms with van der Waals surface area (Å²) >= 11 is 0. The largest absolute Gasteiger partial charge is 0.394 e. The summed E-state index contributed by atoms with van der Waals surface area (Å²) in [6, 6.07) is -0.875. The number of ether oxygens (including phenoxy) is 4. The van der Waals surface area contributed by atoms with Gasteiger partial charge in [-0.25, -0.2) is 0 Å². The Balaban J connectivity index is 1.68. The summed E-state index contributed by atoms with van der Waals surface area (Å²) in [5.74, 6) is -0.288. The molecule has 14 nitrogen and oxygen atoms in total. The first-order valence-electron chi connectivity index (χ1n) is 34.2. The van der Waals surface area contributed by atoms with Crippen LogP contribution in [0.25, 0.3) is 0 Å². The molecule has 0 radical (unpaired) electrons. The minimum Gasteiger partial charge on any atom is -0.394 e. The number of hydrogen-bond donors (Lipinski definition) is 9. The molecular weight excluding hydrogens is 1060 g/mol.